The summed E-state index contributed by atoms with van der Waals surface area (Å²) in [6.45, 7) is 2.29. The topological polar surface area (TPSA) is 76.9 Å². The lowest BCUT2D eigenvalue weighted by Gasteiger charge is -2.18. The molecule has 4 rings (SSSR count). The second kappa shape index (κ2) is 9.00. The number of amides is 1. The number of hydrogen-bond acceptors (Lipinski definition) is 5. The van der Waals surface area contributed by atoms with Gasteiger partial charge in [0.1, 0.15) is 5.52 Å². The highest BCUT2D eigenvalue weighted by molar-refractivity contribution is 7.10. The van der Waals surface area contributed by atoms with Crippen LogP contribution in [0, 0.1) is 0 Å². The molecule has 0 saturated heterocycles. The van der Waals surface area contributed by atoms with Gasteiger partial charge in [0.25, 0.3) is 5.56 Å². The van der Waals surface area contributed by atoms with Crippen molar-refractivity contribution in [3.63, 3.8) is 0 Å². The molecule has 152 valence electrons. The minimum absolute atomic E-state index is 0.141. The van der Waals surface area contributed by atoms with Gasteiger partial charge in [0.05, 0.1) is 18.0 Å². The van der Waals surface area contributed by atoms with Crippen molar-refractivity contribution in [3.05, 3.63) is 92.4 Å². The van der Waals surface area contributed by atoms with Gasteiger partial charge in [0.2, 0.25) is 5.91 Å². The van der Waals surface area contributed by atoms with Crippen LogP contribution < -0.4 is 10.9 Å². The Balaban J connectivity index is 1.49. The molecule has 2 aromatic carbocycles. The fourth-order valence-corrected chi connectivity index (χ4v) is 4.13. The Bertz CT molecular complexity index is 1200. The number of hydrogen-bond donors (Lipinski definition) is 1. The van der Waals surface area contributed by atoms with Crippen LogP contribution in [0.2, 0.25) is 0 Å². The van der Waals surface area contributed by atoms with E-state index in [0.29, 0.717) is 10.9 Å². The SMILES string of the molecule is CCc1ccc([C@@H](NC(=O)CCn2nnc3ccccc3c2=O)c2cccs2)cc1. The highest BCUT2D eigenvalue weighted by Gasteiger charge is 2.18. The summed E-state index contributed by atoms with van der Waals surface area (Å²) in [4.78, 5) is 26.4. The molecule has 2 heterocycles. The molecule has 1 amide bonds. The molecule has 4 aromatic rings. The lowest BCUT2D eigenvalue weighted by Crippen LogP contribution is -2.32. The Morgan fingerprint density at radius 1 is 1.10 bits per heavy atom. The van der Waals surface area contributed by atoms with Crippen LogP contribution in [0.4, 0.5) is 0 Å². The molecule has 7 heteroatoms. The highest BCUT2D eigenvalue weighted by Crippen LogP contribution is 2.26. The third kappa shape index (κ3) is 4.31. The number of nitrogens with one attached hydrogen (secondary N) is 1. The number of rotatable bonds is 7. The smallest absolute Gasteiger partial charge is 0.277 e. The van der Waals surface area contributed by atoms with Crippen LogP contribution in [0.25, 0.3) is 10.9 Å². The Hall–Kier alpha value is -3.32. The van der Waals surface area contributed by atoms with E-state index >= 15 is 0 Å². The maximum atomic E-state index is 12.7. The van der Waals surface area contributed by atoms with Crippen LogP contribution in [0.5, 0.6) is 0 Å². The van der Waals surface area contributed by atoms with Crippen molar-refractivity contribution in [1.82, 2.24) is 20.3 Å². The molecular formula is C23H22N4O2S. The summed E-state index contributed by atoms with van der Waals surface area (Å²) in [6.07, 6.45) is 1.11. The summed E-state index contributed by atoms with van der Waals surface area (Å²) < 4.78 is 1.25. The molecule has 0 aliphatic heterocycles. The van der Waals surface area contributed by atoms with E-state index in [1.54, 1.807) is 29.5 Å². The average Bonchev–Trinajstić information content (AvgIpc) is 3.32. The van der Waals surface area contributed by atoms with Crippen molar-refractivity contribution < 1.29 is 4.79 Å². The lowest BCUT2D eigenvalue weighted by molar-refractivity contribution is -0.121. The van der Waals surface area contributed by atoms with Crippen LogP contribution in [0.3, 0.4) is 0 Å². The predicted octanol–water partition coefficient (Wildman–Crippen LogP) is 3.71. The van der Waals surface area contributed by atoms with Crippen molar-refractivity contribution in [2.75, 3.05) is 0 Å². The minimum atomic E-state index is -0.238. The van der Waals surface area contributed by atoms with Gasteiger partial charge in [-0.3, -0.25) is 9.59 Å². The fourth-order valence-electron chi connectivity index (χ4n) is 3.33. The monoisotopic (exact) mass is 418 g/mol. The van der Waals surface area contributed by atoms with Crippen LogP contribution in [-0.2, 0) is 17.8 Å². The minimum Gasteiger partial charge on any atom is -0.344 e. The van der Waals surface area contributed by atoms with Crippen LogP contribution >= 0.6 is 11.3 Å². The van der Waals surface area contributed by atoms with E-state index in [4.69, 9.17) is 0 Å². The first kappa shape index (κ1) is 20.0. The number of thiophene rings is 1. The van der Waals surface area contributed by atoms with E-state index in [-0.39, 0.29) is 30.5 Å². The highest BCUT2D eigenvalue weighted by atomic mass is 32.1. The zero-order valence-corrected chi connectivity index (χ0v) is 17.4. The molecule has 30 heavy (non-hydrogen) atoms. The molecule has 0 aliphatic carbocycles. The van der Waals surface area contributed by atoms with Gasteiger partial charge in [0.15, 0.2) is 0 Å². The number of benzene rings is 2. The third-order valence-electron chi connectivity index (χ3n) is 5.03. The van der Waals surface area contributed by atoms with Crippen molar-refractivity contribution >= 4 is 28.1 Å². The largest absolute Gasteiger partial charge is 0.344 e. The maximum Gasteiger partial charge on any atom is 0.277 e. The van der Waals surface area contributed by atoms with Gasteiger partial charge in [0, 0.05) is 11.3 Å². The van der Waals surface area contributed by atoms with E-state index in [1.165, 1.54) is 10.2 Å². The summed E-state index contributed by atoms with van der Waals surface area (Å²) in [5.41, 5.74) is 2.60. The number of aromatic nitrogens is 3. The molecule has 0 fully saturated rings. The Kier molecular flexibility index (Phi) is 5.99. The standard InChI is InChI=1S/C23H22N4O2S/c1-2-16-9-11-17(12-10-16)22(20-8-5-15-30-20)24-21(28)13-14-27-23(29)18-6-3-4-7-19(18)25-26-27/h3-12,15,22H,2,13-14H2,1H3,(H,24,28)/t22-/m1/s1. The van der Waals surface area contributed by atoms with Crippen LogP contribution in [0.1, 0.15) is 35.4 Å². The first-order chi connectivity index (χ1) is 14.7. The van der Waals surface area contributed by atoms with E-state index in [9.17, 15) is 9.59 Å². The van der Waals surface area contributed by atoms with Crippen molar-refractivity contribution in [3.8, 4) is 0 Å². The predicted molar refractivity (Wildman–Crippen MR) is 119 cm³/mol. The summed E-state index contributed by atoms with van der Waals surface area (Å²) in [6, 6.07) is 19.1. The van der Waals surface area contributed by atoms with Crippen LogP contribution in [0.15, 0.2) is 70.8 Å². The molecule has 0 radical (unpaired) electrons. The zero-order chi connectivity index (χ0) is 20.9. The normalized spacial score (nSPS) is 12.0. The van der Waals surface area contributed by atoms with Crippen LogP contribution in [-0.4, -0.2) is 20.9 Å². The van der Waals surface area contributed by atoms with Gasteiger partial charge in [-0.05, 0) is 41.1 Å². The molecule has 1 N–H and O–H groups in total. The molecule has 0 aliphatic rings. The van der Waals surface area contributed by atoms with Gasteiger partial charge in [-0.2, -0.15) is 0 Å². The van der Waals surface area contributed by atoms with Gasteiger partial charge >= 0.3 is 0 Å². The van der Waals surface area contributed by atoms with E-state index in [0.717, 1.165) is 16.9 Å². The Labute approximate surface area is 178 Å². The molecule has 0 unspecified atom stereocenters. The summed E-state index contributed by atoms with van der Waals surface area (Å²) >= 11 is 1.60. The molecule has 0 spiro atoms. The Morgan fingerprint density at radius 2 is 1.90 bits per heavy atom. The number of fused-ring (bicyclic) bond motifs is 1. The number of carbonyl (C=O) groups is 1. The molecule has 0 bridgehead atoms. The number of aryl methyl sites for hydroxylation is 2. The number of carbonyl (C=O) groups excluding carboxylic acids is 1. The van der Waals surface area contributed by atoms with Gasteiger partial charge in [-0.25, -0.2) is 4.68 Å². The van der Waals surface area contributed by atoms with Gasteiger partial charge in [-0.1, -0.05) is 54.6 Å². The van der Waals surface area contributed by atoms with Crippen molar-refractivity contribution in [1.29, 1.82) is 0 Å². The average molecular weight is 419 g/mol. The first-order valence-corrected chi connectivity index (χ1v) is 10.8. The van der Waals surface area contributed by atoms with E-state index in [1.807, 2.05) is 23.6 Å². The molecule has 0 saturated carbocycles. The quantitative estimate of drug-likeness (QED) is 0.496. The second-order valence-corrected chi connectivity index (χ2v) is 7.98. The Morgan fingerprint density at radius 3 is 2.63 bits per heavy atom. The first-order valence-electron chi connectivity index (χ1n) is 9.90. The van der Waals surface area contributed by atoms with Crippen molar-refractivity contribution in [2.24, 2.45) is 0 Å². The van der Waals surface area contributed by atoms with E-state index in [2.05, 4.69) is 46.8 Å². The lowest BCUT2D eigenvalue weighted by atomic mass is 10.0. The third-order valence-corrected chi connectivity index (χ3v) is 5.97. The maximum absolute atomic E-state index is 12.7. The molecule has 6 nitrogen and oxygen atoms in total. The summed E-state index contributed by atoms with van der Waals surface area (Å²) in [5.74, 6) is -0.144. The van der Waals surface area contributed by atoms with Crippen molar-refractivity contribution in [2.45, 2.75) is 32.4 Å². The van der Waals surface area contributed by atoms with Gasteiger partial charge < -0.3 is 5.32 Å². The number of nitrogens with zero attached hydrogens (tertiary/aromatic N) is 3. The molecule has 1 atom stereocenters. The van der Waals surface area contributed by atoms with E-state index < -0.39 is 0 Å². The fraction of sp³-hybridized carbons (Fsp3) is 0.217. The second-order valence-electron chi connectivity index (χ2n) is 7.00. The molecular weight excluding hydrogens is 396 g/mol. The molecule has 2 aromatic heterocycles. The summed E-state index contributed by atoms with van der Waals surface area (Å²) in [7, 11) is 0. The summed E-state index contributed by atoms with van der Waals surface area (Å²) in [5, 5.41) is 13.6. The van der Waals surface area contributed by atoms with Gasteiger partial charge in [-0.15, -0.1) is 16.4 Å². The zero-order valence-electron chi connectivity index (χ0n) is 16.6.